The number of hydrogen-bond acceptors (Lipinski definition) is 5. The number of halogens is 3. The smallest absolute Gasteiger partial charge is 0.479 e. The molecular weight excluding hydrogens is 431 g/mol. The Morgan fingerprint density at radius 3 is 2.47 bits per heavy atom. The lowest BCUT2D eigenvalue weighted by atomic mass is 10.2. The van der Waals surface area contributed by atoms with E-state index in [9.17, 15) is 27.6 Å². The molecule has 0 fully saturated rings. The predicted octanol–water partition coefficient (Wildman–Crippen LogP) is 2.80. The Morgan fingerprint density at radius 1 is 1.16 bits per heavy atom. The molecule has 0 saturated carbocycles. The van der Waals surface area contributed by atoms with Gasteiger partial charge in [-0.1, -0.05) is 12.1 Å². The molecule has 170 valence electrons. The molecule has 2 aromatic carbocycles. The third-order valence-electron chi connectivity index (χ3n) is 4.55. The molecule has 0 unspecified atom stereocenters. The van der Waals surface area contributed by atoms with E-state index in [1.807, 2.05) is 0 Å². The summed E-state index contributed by atoms with van der Waals surface area (Å²) in [6, 6.07) is 11.4. The third-order valence-corrected chi connectivity index (χ3v) is 4.55. The van der Waals surface area contributed by atoms with Crippen LogP contribution in [-0.4, -0.2) is 55.2 Å². The molecule has 0 radical (unpaired) electrons. The van der Waals surface area contributed by atoms with Crippen molar-refractivity contribution >= 4 is 29.1 Å². The molecule has 0 aliphatic carbocycles. The minimum absolute atomic E-state index is 0.233. The monoisotopic (exact) mass is 451 g/mol. The van der Waals surface area contributed by atoms with Crippen molar-refractivity contribution in [3.63, 3.8) is 0 Å². The Hall–Kier alpha value is -3.76. The van der Waals surface area contributed by atoms with E-state index in [0.29, 0.717) is 11.4 Å². The second-order valence-electron chi connectivity index (χ2n) is 7.02. The van der Waals surface area contributed by atoms with Gasteiger partial charge in [-0.25, -0.2) is 0 Å². The first-order chi connectivity index (χ1) is 15.0. The average molecular weight is 451 g/mol. The average Bonchev–Trinajstić information content (AvgIpc) is 2.71. The zero-order valence-electron chi connectivity index (χ0n) is 17.2. The maximum absolute atomic E-state index is 12.6. The van der Waals surface area contributed by atoms with Gasteiger partial charge in [-0.15, -0.1) is 13.2 Å². The highest BCUT2D eigenvalue weighted by molar-refractivity contribution is 6.04. The van der Waals surface area contributed by atoms with Gasteiger partial charge in [-0.3, -0.25) is 19.3 Å². The summed E-state index contributed by atoms with van der Waals surface area (Å²) >= 11 is 0. The maximum Gasteiger partial charge on any atom is 0.573 e. The van der Waals surface area contributed by atoms with Gasteiger partial charge in [0, 0.05) is 12.7 Å². The summed E-state index contributed by atoms with van der Waals surface area (Å²) in [5, 5.41) is 2.48. The molecular formula is C21H20F3N3O5. The maximum atomic E-state index is 12.6. The summed E-state index contributed by atoms with van der Waals surface area (Å²) in [6.07, 6.45) is -5.57. The van der Waals surface area contributed by atoms with Gasteiger partial charge >= 0.3 is 6.36 Å². The number of amides is 3. The van der Waals surface area contributed by atoms with E-state index in [1.54, 1.807) is 31.2 Å². The molecule has 8 nitrogen and oxygen atoms in total. The molecule has 0 aromatic heterocycles. The summed E-state index contributed by atoms with van der Waals surface area (Å²) in [5.74, 6) is -1.37. The van der Waals surface area contributed by atoms with Crippen LogP contribution in [0.15, 0.2) is 48.5 Å². The van der Waals surface area contributed by atoms with Crippen LogP contribution < -0.4 is 19.7 Å². The fraction of sp³-hybridized carbons (Fsp3) is 0.286. The summed E-state index contributed by atoms with van der Waals surface area (Å²) < 4.78 is 45.9. The molecule has 1 atom stereocenters. The molecule has 1 heterocycles. The molecule has 0 spiro atoms. The number of carbonyl (C=O) groups excluding carboxylic acids is 3. The van der Waals surface area contributed by atoms with Crippen LogP contribution in [0, 0.1) is 0 Å². The number of carbonyl (C=O) groups is 3. The molecule has 3 rings (SSSR count). The Labute approximate surface area is 181 Å². The van der Waals surface area contributed by atoms with Crippen LogP contribution in [-0.2, 0) is 14.4 Å². The predicted molar refractivity (Wildman–Crippen MR) is 108 cm³/mol. The molecule has 1 aliphatic rings. The number of nitrogens with zero attached hydrogens (tertiary/aromatic N) is 2. The van der Waals surface area contributed by atoms with Crippen molar-refractivity contribution in [2.45, 2.75) is 19.4 Å². The van der Waals surface area contributed by atoms with Crippen molar-refractivity contribution in [1.29, 1.82) is 0 Å². The highest BCUT2D eigenvalue weighted by Gasteiger charge is 2.33. The largest absolute Gasteiger partial charge is 0.573 e. The summed E-state index contributed by atoms with van der Waals surface area (Å²) in [7, 11) is 1.41. The molecule has 0 bridgehead atoms. The lowest BCUT2D eigenvalue weighted by Gasteiger charge is -2.33. The lowest BCUT2D eigenvalue weighted by molar-refractivity contribution is -0.274. The zero-order valence-corrected chi connectivity index (χ0v) is 17.2. The summed E-state index contributed by atoms with van der Waals surface area (Å²) in [6.45, 7) is 0.976. The van der Waals surface area contributed by atoms with Crippen molar-refractivity contribution < 1.29 is 37.0 Å². The van der Waals surface area contributed by atoms with Gasteiger partial charge in [0.25, 0.3) is 5.91 Å². The zero-order chi connectivity index (χ0) is 23.5. The number of hydrogen-bond donors (Lipinski definition) is 1. The number of alkyl halides is 3. The highest BCUT2D eigenvalue weighted by atomic mass is 19.4. The van der Waals surface area contributed by atoms with Gasteiger partial charge in [0.15, 0.2) is 6.10 Å². The van der Waals surface area contributed by atoms with Crippen molar-refractivity contribution in [3.05, 3.63) is 48.5 Å². The molecule has 0 saturated heterocycles. The fourth-order valence-corrected chi connectivity index (χ4v) is 3.02. The van der Waals surface area contributed by atoms with Crippen LogP contribution in [0.4, 0.5) is 24.5 Å². The molecule has 32 heavy (non-hydrogen) atoms. The molecule has 3 amide bonds. The first-order valence-electron chi connectivity index (χ1n) is 9.50. The van der Waals surface area contributed by atoms with E-state index < -0.39 is 30.0 Å². The lowest BCUT2D eigenvalue weighted by Crippen LogP contribution is -2.49. The van der Waals surface area contributed by atoms with Crippen molar-refractivity contribution in [2.75, 3.05) is 30.4 Å². The fourth-order valence-electron chi connectivity index (χ4n) is 3.02. The van der Waals surface area contributed by atoms with E-state index in [0.717, 1.165) is 17.0 Å². The Morgan fingerprint density at radius 2 is 1.81 bits per heavy atom. The van der Waals surface area contributed by atoms with Crippen LogP contribution in [0.5, 0.6) is 11.5 Å². The first kappa shape index (κ1) is 22.9. The highest BCUT2D eigenvalue weighted by Crippen LogP contribution is 2.33. The normalized spacial score (nSPS) is 15.5. The number of rotatable bonds is 6. The summed E-state index contributed by atoms with van der Waals surface area (Å²) in [4.78, 5) is 39.8. The number of likely N-dealkylation sites (N-methyl/N-ethyl adjacent to an activating group) is 1. The molecule has 1 aliphatic heterocycles. The standard InChI is InChI=1S/C21H20F3N3O5/c1-13-20(30)27(16-5-3-4-6-17(16)31-13)12-19(29)26(2)11-18(28)25-14-7-9-15(10-8-14)32-21(22,23)24/h3-10,13H,11-12H2,1-2H3,(H,25,28)/t13-/m0/s1. The van der Waals surface area contributed by atoms with E-state index in [-0.39, 0.29) is 24.7 Å². The Balaban J connectivity index is 1.57. The van der Waals surface area contributed by atoms with Gasteiger partial charge in [-0.05, 0) is 43.3 Å². The number of fused-ring (bicyclic) bond motifs is 1. The molecule has 1 N–H and O–H groups in total. The van der Waals surface area contributed by atoms with Crippen LogP contribution >= 0.6 is 0 Å². The minimum Gasteiger partial charge on any atom is -0.479 e. The van der Waals surface area contributed by atoms with Gasteiger partial charge in [0.05, 0.1) is 12.2 Å². The SMILES string of the molecule is C[C@@H]1Oc2ccccc2N(CC(=O)N(C)CC(=O)Nc2ccc(OC(F)(F)F)cc2)C1=O. The van der Waals surface area contributed by atoms with Crippen LogP contribution in [0.25, 0.3) is 0 Å². The van der Waals surface area contributed by atoms with Crippen molar-refractivity contribution in [3.8, 4) is 11.5 Å². The van der Waals surface area contributed by atoms with E-state index in [4.69, 9.17) is 4.74 Å². The number of ether oxygens (including phenoxy) is 2. The Bertz CT molecular complexity index is 1010. The Kier molecular flexibility index (Phi) is 6.56. The van der Waals surface area contributed by atoms with Crippen molar-refractivity contribution in [2.24, 2.45) is 0 Å². The van der Waals surface area contributed by atoms with Crippen molar-refractivity contribution in [1.82, 2.24) is 4.90 Å². The molecule has 11 heteroatoms. The van der Waals surface area contributed by atoms with E-state index in [2.05, 4.69) is 10.1 Å². The topological polar surface area (TPSA) is 88.2 Å². The van der Waals surface area contributed by atoms with E-state index >= 15 is 0 Å². The van der Waals surface area contributed by atoms with Gasteiger partial charge in [0.1, 0.15) is 18.0 Å². The number of anilines is 2. The molecule has 2 aromatic rings. The number of benzene rings is 2. The van der Waals surface area contributed by atoms with Crippen LogP contribution in [0.2, 0.25) is 0 Å². The van der Waals surface area contributed by atoms with E-state index in [1.165, 1.54) is 24.1 Å². The third kappa shape index (κ3) is 5.68. The summed E-state index contributed by atoms with van der Waals surface area (Å²) in [5.41, 5.74) is 0.694. The second kappa shape index (κ2) is 9.16. The second-order valence-corrected chi connectivity index (χ2v) is 7.02. The van der Waals surface area contributed by atoms with Gasteiger partial charge in [0.2, 0.25) is 11.8 Å². The van der Waals surface area contributed by atoms with Gasteiger partial charge < -0.3 is 19.7 Å². The van der Waals surface area contributed by atoms with Crippen LogP contribution in [0.3, 0.4) is 0 Å². The van der Waals surface area contributed by atoms with Crippen LogP contribution in [0.1, 0.15) is 6.92 Å². The minimum atomic E-state index is -4.81. The first-order valence-corrected chi connectivity index (χ1v) is 9.50. The number of para-hydroxylation sites is 2. The number of nitrogens with one attached hydrogen (secondary N) is 1. The quantitative estimate of drug-likeness (QED) is 0.730. The van der Waals surface area contributed by atoms with Gasteiger partial charge in [-0.2, -0.15) is 0 Å².